The molecular formula is C14H11Br2NO3. The number of para-hydroxylation sites is 1. The molecule has 104 valence electrons. The van der Waals surface area contributed by atoms with Gasteiger partial charge in [0.1, 0.15) is 12.4 Å². The van der Waals surface area contributed by atoms with Crippen molar-refractivity contribution in [1.82, 2.24) is 0 Å². The number of hydrogen-bond donors (Lipinski definition) is 2. The van der Waals surface area contributed by atoms with Crippen LogP contribution in [-0.4, -0.2) is 11.1 Å². The van der Waals surface area contributed by atoms with E-state index in [0.717, 1.165) is 8.95 Å². The van der Waals surface area contributed by atoms with E-state index in [2.05, 4.69) is 31.9 Å². The number of halogens is 2. The van der Waals surface area contributed by atoms with E-state index in [9.17, 15) is 9.90 Å². The average Bonchev–Trinajstić information content (AvgIpc) is 2.37. The fourth-order valence-electron chi connectivity index (χ4n) is 1.77. The zero-order valence-electron chi connectivity index (χ0n) is 10.3. The third-order valence-electron chi connectivity index (χ3n) is 2.69. The van der Waals surface area contributed by atoms with Crippen LogP contribution in [0.25, 0.3) is 0 Å². The molecule has 0 unspecified atom stereocenters. The van der Waals surface area contributed by atoms with Crippen LogP contribution in [0.3, 0.4) is 0 Å². The summed E-state index contributed by atoms with van der Waals surface area (Å²) >= 11 is 6.77. The van der Waals surface area contributed by atoms with E-state index in [4.69, 9.17) is 10.5 Å². The van der Waals surface area contributed by atoms with Crippen molar-refractivity contribution in [3.05, 3.63) is 56.5 Å². The van der Waals surface area contributed by atoms with Crippen molar-refractivity contribution in [2.24, 2.45) is 0 Å². The van der Waals surface area contributed by atoms with Gasteiger partial charge in [-0.1, -0.05) is 18.2 Å². The van der Waals surface area contributed by atoms with Gasteiger partial charge < -0.3 is 15.6 Å². The fourth-order valence-corrected chi connectivity index (χ4v) is 3.00. The Labute approximate surface area is 132 Å². The van der Waals surface area contributed by atoms with Gasteiger partial charge in [0.15, 0.2) is 0 Å². The third kappa shape index (κ3) is 3.13. The minimum Gasteiger partial charge on any atom is -0.487 e. The van der Waals surface area contributed by atoms with Crippen LogP contribution >= 0.6 is 31.9 Å². The Hall–Kier alpha value is -1.53. The summed E-state index contributed by atoms with van der Waals surface area (Å²) in [6.45, 7) is 0.119. The van der Waals surface area contributed by atoms with Crippen molar-refractivity contribution in [1.29, 1.82) is 0 Å². The number of ether oxygens (including phenoxy) is 1. The SMILES string of the molecule is Nc1cccc(COc2c(Br)cccc2Br)c1C(=O)O. The molecule has 0 bridgehead atoms. The highest BCUT2D eigenvalue weighted by Gasteiger charge is 2.15. The standard InChI is InChI=1S/C14H11Br2NO3/c15-9-4-2-5-10(16)13(9)20-7-8-3-1-6-11(17)12(8)14(18)19/h1-6H,7,17H2,(H,18,19). The van der Waals surface area contributed by atoms with Crippen molar-refractivity contribution >= 4 is 43.5 Å². The van der Waals surface area contributed by atoms with E-state index in [1.807, 2.05) is 18.2 Å². The summed E-state index contributed by atoms with van der Waals surface area (Å²) in [4.78, 5) is 11.2. The highest BCUT2D eigenvalue weighted by Crippen LogP contribution is 2.34. The number of carbonyl (C=O) groups is 1. The Morgan fingerprint density at radius 2 is 1.75 bits per heavy atom. The normalized spacial score (nSPS) is 10.3. The van der Waals surface area contributed by atoms with Gasteiger partial charge >= 0.3 is 5.97 Å². The topological polar surface area (TPSA) is 72.5 Å². The van der Waals surface area contributed by atoms with E-state index < -0.39 is 5.97 Å². The molecule has 0 spiro atoms. The van der Waals surface area contributed by atoms with Gasteiger partial charge in [-0.3, -0.25) is 0 Å². The summed E-state index contributed by atoms with van der Waals surface area (Å²) in [5.74, 6) is -0.445. The molecule has 20 heavy (non-hydrogen) atoms. The second-order valence-electron chi connectivity index (χ2n) is 4.03. The van der Waals surface area contributed by atoms with Gasteiger partial charge in [-0.15, -0.1) is 0 Å². The number of aromatic carboxylic acids is 1. The maximum absolute atomic E-state index is 11.2. The van der Waals surface area contributed by atoms with E-state index in [0.29, 0.717) is 11.3 Å². The largest absolute Gasteiger partial charge is 0.487 e. The maximum Gasteiger partial charge on any atom is 0.338 e. The quantitative estimate of drug-likeness (QED) is 0.758. The van der Waals surface area contributed by atoms with Crippen molar-refractivity contribution in [3.8, 4) is 5.75 Å². The van der Waals surface area contributed by atoms with Crippen LogP contribution in [0, 0.1) is 0 Å². The molecule has 0 saturated heterocycles. The number of benzene rings is 2. The molecule has 0 fully saturated rings. The molecule has 0 aliphatic rings. The van der Waals surface area contributed by atoms with Gasteiger partial charge in [0.05, 0.1) is 14.5 Å². The van der Waals surface area contributed by atoms with Gasteiger partial charge in [-0.05, 0) is 50.1 Å². The van der Waals surface area contributed by atoms with Gasteiger partial charge in [0.2, 0.25) is 0 Å². The minimum atomic E-state index is -1.06. The first-order valence-corrected chi connectivity index (χ1v) is 7.26. The van der Waals surface area contributed by atoms with Crippen LogP contribution in [0.2, 0.25) is 0 Å². The molecule has 2 rings (SSSR count). The molecule has 0 aliphatic carbocycles. The number of nitrogens with two attached hydrogens (primary N) is 1. The summed E-state index contributed by atoms with van der Waals surface area (Å²) in [5.41, 5.74) is 6.53. The number of rotatable bonds is 4. The van der Waals surface area contributed by atoms with E-state index in [1.165, 1.54) is 0 Å². The fraction of sp³-hybridized carbons (Fsp3) is 0.0714. The molecule has 0 aromatic heterocycles. The zero-order chi connectivity index (χ0) is 14.7. The average molecular weight is 401 g/mol. The van der Waals surface area contributed by atoms with Crippen LogP contribution < -0.4 is 10.5 Å². The lowest BCUT2D eigenvalue weighted by atomic mass is 10.1. The van der Waals surface area contributed by atoms with Crippen LogP contribution in [0.15, 0.2) is 45.3 Å². The summed E-state index contributed by atoms with van der Waals surface area (Å²) in [6, 6.07) is 10.5. The third-order valence-corrected chi connectivity index (χ3v) is 3.94. The van der Waals surface area contributed by atoms with Crippen LogP contribution in [0.5, 0.6) is 5.75 Å². The summed E-state index contributed by atoms with van der Waals surface area (Å²) in [7, 11) is 0. The first kappa shape index (κ1) is 14.9. The van der Waals surface area contributed by atoms with E-state index >= 15 is 0 Å². The molecule has 0 heterocycles. The molecule has 0 aliphatic heterocycles. The minimum absolute atomic E-state index is 0.0793. The Bertz CT molecular complexity index is 639. The van der Waals surface area contributed by atoms with Gasteiger partial charge in [0.25, 0.3) is 0 Å². The highest BCUT2D eigenvalue weighted by atomic mass is 79.9. The van der Waals surface area contributed by atoms with Crippen molar-refractivity contribution in [3.63, 3.8) is 0 Å². The molecular weight excluding hydrogens is 390 g/mol. The molecule has 0 amide bonds. The van der Waals surface area contributed by atoms with Gasteiger partial charge in [-0.2, -0.15) is 0 Å². The lowest BCUT2D eigenvalue weighted by molar-refractivity contribution is 0.0695. The van der Waals surface area contributed by atoms with Crippen molar-refractivity contribution < 1.29 is 14.6 Å². The molecule has 4 nitrogen and oxygen atoms in total. The Kier molecular flexibility index (Phi) is 4.67. The summed E-state index contributed by atoms with van der Waals surface area (Å²) in [6.07, 6.45) is 0. The predicted molar refractivity (Wildman–Crippen MR) is 84.0 cm³/mol. The molecule has 6 heteroatoms. The zero-order valence-corrected chi connectivity index (χ0v) is 13.4. The van der Waals surface area contributed by atoms with Crippen molar-refractivity contribution in [2.75, 3.05) is 5.73 Å². The van der Waals surface area contributed by atoms with Crippen LogP contribution in [0.1, 0.15) is 15.9 Å². The molecule has 0 atom stereocenters. The van der Waals surface area contributed by atoms with E-state index in [-0.39, 0.29) is 17.9 Å². The molecule has 2 aromatic rings. The van der Waals surface area contributed by atoms with Crippen molar-refractivity contribution in [2.45, 2.75) is 6.61 Å². The van der Waals surface area contributed by atoms with Crippen LogP contribution in [0.4, 0.5) is 5.69 Å². The number of hydrogen-bond acceptors (Lipinski definition) is 3. The summed E-state index contributed by atoms with van der Waals surface area (Å²) < 4.78 is 7.26. The lowest BCUT2D eigenvalue weighted by Crippen LogP contribution is -2.09. The van der Waals surface area contributed by atoms with Crippen LogP contribution in [-0.2, 0) is 6.61 Å². The predicted octanol–water partition coefficient (Wildman–Crippen LogP) is 4.07. The van der Waals surface area contributed by atoms with E-state index in [1.54, 1.807) is 18.2 Å². The first-order chi connectivity index (χ1) is 9.50. The number of carboxylic acid groups (broad SMARTS) is 1. The van der Waals surface area contributed by atoms with Gasteiger partial charge in [-0.25, -0.2) is 4.79 Å². The number of anilines is 1. The smallest absolute Gasteiger partial charge is 0.338 e. The molecule has 2 aromatic carbocycles. The number of nitrogen functional groups attached to an aromatic ring is 1. The second kappa shape index (κ2) is 6.28. The van der Waals surface area contributed by atoms with Gasteiger partial charge in [0, 0.05) is 11.3 Å². The Morgan fingerprint density at radius 1 is 1.15 bits per heavy atom. The Balaban J connectivity index is 2.28. The molecule has 0 saturated carbocycles. The molecule has 3 N–H and O–H groups in total. The molecule has 0 radical (unpaired) electrons. The number of carboxylic acids is 1. The first-order valence-electron chi connectivity index (χ1n) is 5.68. The highest BCUT2D eigenvalue weighted by molar-refractivity contribution is 9.11. The second-order valence-corrected chi connectivity index (χ2v) is 5.73. The summed E-state index contributed by atoms with van der Waals surface area (Å²) in [5, 5.41) is 9.20. The maximum atomic E-state index is 11.2. The monoisotopic (exact) mass is 399 g/mol. The lowest BCUT2D eigenvalue weighted by Gasteiger charge is -2.12. The Morgan fingerprint density at radius 3 is 2.35 bits per heavy atom.